The monoisotopic (exact) mass is 842 g/mol. The molecule has 19 heteroatoms. The number of nitrogens with one attached hydrogen (secondary N) is 3. The van der Waals surface area contributed by atoms with Crippen LogP contribution in [0.3, 0.4) is 0 Å². The first-order valence-corrected chi connectivity index (χ1v) is 18.9. The van der Waals surface area contributed by atoms with Crippen LogP contribution in [0.5, 0.6) is 0 Å². The highest BCUT2D eigenvalue weighted by Gasteiger charge is 2.40. The van der Waals surface area contributed by atoms with Crippen LogP contribution in [0.25, 0.3) is 0 Å². The molecule has 2 aliphatic rings. The molecule has 2 aromatic carbocycles. The molecule has 2 heterocycles. The number of carbonyl (C=O) groups is 2. The molecule has 57 heavy (non-hydrogen) atoms. The molecule has 0 atom stereocenters. The Morgan fingerprint density at radius 1 is 0.737 bits per heavy atom. The van der Waals surface area contributed by atoms with Crippen molar-refractivity contribution in [2.45, 2.75) is 82.6 Å². The summed E-state index contributed by atoms with van der Waals surface area (Å²) >= 11 is 11.8. The molecule has 2 amide bonds. The summed E-state index contributed by atoms with van der Waals surface area (Å²) in [6, 6.07) is 9.50. The minimum Gasteiger partial charge on any atom is -0.352 e. The lowest BCUT2D eigenvalue weighted by molar-refractivity contribution is -0.142. The highest BCUT2D eigenvalue weighted by Crippen LogP contribution is 2.34. The summed E-state index contributed by atoms with van der Waals surface area (Å²) in [5.74, 6) is -2.54. The standard InChI is InChI=1S/C19H19Cl2F3N4O.C19H20F4N4O/c20-12-6-13(21)8-14(7-12)27-18-26-10-15(16(28-18)19(22,23)24)17(29)25-9-11-4-2-1-3-5-11;1-27(14-8-3-2-4-9-14)17(28)15-11-24-18(26-16(15)19(21,22)23)25-13-7-5-6-12(20)10-13/h6-8,10-11H,1-5,9H2,(H,25,29)(H,26,27,28);5-7,10-11,14H,2-4,8-9H2,1H3,(H,24,25,26). The third-order valence-corrected chi connectivity index (χ3v) is 9.94. The molecular weight excluding hydrogens is 804 g/mol. The van der Waals surface area contributed by atoms with Gasteiger partial charge in [0, 0.05) is 53.4 Å². The van der Waals surface area contributed by atoms with Crippen molar-refractivity contribution in [3.63, 3.8) is 0 Å². The average molecular weight is 844 g/mol. The lowest BCUT2D eigenvalue weighted by Gasteiger charge is -2.31. The van der Waals surface area contributed by atoms with Crippen molar-refractivity contribution >= 4 is 58.3 Å². The third-order valence-electron chi connectivity index (χ3n) is 9.51. The molecule has 0 spiro atoms. The molecule has 10 nitrogen and oxygen atoms in total. The fourth-order valence-electron chi connectivity index (χ4n) is 6.64. The summed E-state index contributed by atoms with van der Waals surface area (Å²) < 4.78 is 94.4. The second-order valence-corrected chi connectivity index (χ2v) is 14.6. The van der Waals surface area contributed by atoms with Gasteiger partial charge in [-0.1, -0.05) is 67.8 Å². The van der Waals surface area contributed by atoms with E-state index in [0.29, 0.717) is 22.3 Å². The minimum absolute atomic E-state index is 0.0903. The van der Waals surface area contributed by atoms with Crippen LogP contribution in [0, 0.1) is 11.7 Å². The molecule has 4 aromatic rings. The maximum Gasteiger partial charge on any atom is 0.434 e. The molecule has 0 aliphatic heterocycles. The number of rotatable bonds is 9. The largest absolute Gasteiger partial charge is 0.434 e. The molecule has 0 unspecified atom stereocenters. The summed E-state index contributed by atoms with van der Waals surface area (Å²) in [5.41, 5.74) is -3.29. The molecule has 306 valence electrons. The second kappa shape index (κ2) is 19.1. The first-order valence-electron chi connectivity index (χ1n) is 18.2. The van der Waals surface area contributed by atoms with Gasteiger partial charge in [-0.2, -0.15) is 26.3 Å². The van der Waals surface area contributed by atoms with Gasteiger partial charge in [0.05, 0.1) is 11.1 Å². The van der Waals surface area contributed by atoms with Gasteiger partial charge in [0.2, 0.25) is 11.9 Å². The van der Waals surface area contributed by atoms with Crippen LogP contribution in [0.2, 0.25) is 10.0 Å². The summed E-state index contributed by atoms with van der Waals surface area (Å²) in [5, 5.41) is 8.35. The number of benzene rings is 2. The lowest BCUT2D eigenvalue weighted by atomic mass is 9.89. The Morgan fingerprint density at radius 2 is 1.26 bits per heavy atom. The zero-order valence-electron chi connectivity index (χ0n) is 30.6. The van der Waals surface area contributed by atoms with E-state index < -0.39 is 52.5 Å². The number of hydrogen-bond acceptors (Lipinski definition) is 8. The highest BCUT2D eigenvalue weighted by molar-refractivity contribution is 6.35. The molecule has 0 radical (unpaired) electrons. The van der Waals surface area contributed by atoms with Crippen LogP contribution >= 0.6 is 23.2 Å². The van der Waals surface area contributed by atoms with E-state index in [1.54, 1.807) is 0 Å². The van der Waals surface area contributed by atoms with Gasteiger partial charge in [0.15, 0.2) is 11.4 Å². The van der Waals surface area contributed by atoms with Gasteiger partial charge in [-0.05, 0) is 68.0 Å². The number of aromatic nitrogens is 4. The van der Waals surface area contributed by atoms with Gasteiger partial charge in [0.1, 0.15) is 5.82 Å². The molecule has 6 rings (SSSR count). The number of amides is 2. The van der Waals surface area contributed by atoms with Crippen LogP contribution in [-0.4, -0.2) is 56.3 Å². The van der Waals surface area contributed by atoms with Crippen molar-refractivity contribution in [2.24, 2.45) is 5.92 Å². The smallest absolute Gasteiger partial charge is 0.352 e. The number of nitrogens with zero attached hydrogens (tertiary/aromatic N) is 5. The summed E-state index contributed by atoms with van der Waals surface area (Å²) in [4.78, 5) is 41.1. The number of hydrogen-bond donors (Lipinski definition) is 3. The van der Waals surface area contributed by atoms with E-state index in [9.17, 15) is 40.3 Å². The topological polar surface area (TPSA) is 125 Å². The normalized spacial score (nSPS) is 15.3. The lowest BCUT2D eigenvalue weighted by Crippen LogP contribution is -2.39. The molecule has 3 N–H and O–H groups in total. The number of alkyl halides is 6. The molecule has 2 saturated carbocycles. The highest BCUT2D eigenvalue weighted by atomic mass is 35.5. The van der Waals surface area contributed by atoms with Gasteiger partial charge in [0.25, 0.3) is 11.8 Å². The Bertz CT molecular complexity index is 2000. The van der Waals surface area contributed by atoms with Crippen molar-refractivity contribution < 1.29 is 40.3 Å². The Morgan fingerprint density at radius 3 is 1.82 bits per heavy atom. The molecule has 0 saturated heterocycles. The van der Waals surface area contributed by atoms with Crippen LogP contribution in [0.4, 0.5) is 54.0 Å². The summed E-state index contributed by atoms with van der Waals surface area (Å²) in [7, 11) is 1.51. The van der Waals surface area contributed by atoms with Crippen LogP contribution < -0.4 is 16.0 Å². The van der Waals surface area contributed by atoms with E-state index in [1.165, 1.54) is 48.3 Å². The fraction of sp³-hybridized carbons (Fsp3) is 0.421. The quantitative estimate of drug-likeness (QED) is 0.142. The van der Waals surface area contributed by atoms with E-state index in [0.717, 1.165) is 82.7 Å². The predicted octanol–water partition coefficient (Wildman–Crippen LogP) is 10.6. The number of halogens is 9. The van der Waals surface area contributed by atoms with Crippen molar-refractivity contribution in [2.75, 3.05) is 24.2 Å². The number of anilines is 4. The van der Waals surface area contributed by atoms with E-state index in [1.807, 2.05) is 0 Å². The molecule has 2 fully saturated rings. The first kappa shape index (κ1) is 43.4. The van der Waals surface area contributed by atoms with Gasteiger partial charge in [-0.3, -0.25) is 9.59 Å². The maximum absolute atomic E-state index is 13.5. The van der Waals surface area contributed by atoms with Gasteiger partial charge >= 0.3 is 12.4 Å². The fourth-order valence-corrected chi connectivity index (χ4v) is 7.16. The van der Waals surface area contributed by atoms with Gasteiger partial charge < -0.3 is 20.9 Å². The molecular formula is C38H39Cl2F7N8O2. The minimum atomic E-state index is -4.83. The van der Waals surface area contributed by atoms with Crippen LogP contribution in [0.15, 0.2) is 54.9 Å². The van der Waals surface area contributed by atoms with E-state index in [2.05, 4.69) is 35.9 Å². The average Bonchev–Trinajstić information content (AvgIpc) is 3.16. The summed E-state index contributed by atoms with van der Waals surface area (Å²) in [6.07, 6.45) is 1.83. The molecule has 2 aromatic heterocycles. The van der Waals surface area contributed by atoms with Crippen molar-refractivity contribution in [3.8, 4) is 0 Å². The Hall–Kier alpha value is -4.77. The molecule has 2 aliphatic carbocycles. The second-order valence-electron chi connectivity index (χ2n) is 13.7. The van der Waals surface area contributed by atoms with Crippen molar-refractivity contribution in [3.05, 3.63) is 93.2 Å². The SMILES string of the molecule is CN(C(=O)c1cnc(Nc2cccc(F)c2)nc1C(F)(F)F)C1CCCCC1.O=C(NCC1CCCCC1)c1cnc(Nc2cc(Cl)cc(Cl)c2)nc1C(F)(F)F. The predicted molar refractivity (Wildman–Crippen MR) is 201 cm³/mol. The van der Waals surface area contributed by atoms with Crippen molar-refractivity contribution in [1.29, 1.82) is 0 Å². The Labute approximate surface area is 334 Å². The summed E-state index contributed by atoms with van der Waals surface area (Å²) in [6.45, 7) is 0.344. The van der Waals surface area contributed by atoms with Crippen LogP contribution in [0.1, 0.15) is 96.3 Å². The third kappa shape index (κ3) is 12.4. The van der Waals surface area contributed by atoms with Gasteiger partial charge in [-0.25, -0.2) is 24.3 Å². The van der Waals surface area contributed by atoms with Crippen molar-refractivity contribution in [1.82, 2.24) is 30.2 Å². The first-order chi connectivity index (χ1) is 27.0. The van der Waals surface area contributed by atoms with Gasteiger partial charge in [-0.15, -0.1) is 0 Å². The maximum atomic E-state index is 13.5. The Kier molecular flexibility index (Phi) is 14.5. The van der Waals surface area contributed by atoms with Crippen LogP contribution in [-0.2, 0) is 12.4 Å². The zero-order chi connectivity index (χ0) is 41.3. The molecule has 0 bridgehead atoms. The zero-order valence-corrected chi connectivity index (χ0v) is 32.1. The number of carbonyl (C=O) groups excluding carboxylic acids is 2. The Balaban J connectivity index is 0.000000218. The van der Waals surface area contributed by atoms with E-state index in [-0.39, 0.29) is 29.5 Å². The van der Waals surface area contributed by atoms with E-state index >= 15 is 0 Å². The van der Waals surface area contributed by atoms with E-state index in [4.69, 9.17) is 23.2 Å².